The second-order valence-corrected chi connectivity index (χ2v) is 5.02. The number of methoxy groups -OCH3 is 1. The largest absolute Gasteiger partial charge is 0.508 e. The maximum atomic E-state index is 9.89. The van der Waals surface area contributed by atoms with E-state index in [1.54, 1.807) is 19.2 Å². The van der Waals surface area contributed by atoms with Crippen LogP contribution < -0.4 is 10.1 Å². The fourth-order valence-electron chi connectivity index (χ4n) is 2.45. The lowest BCUT2D eigenvalue weighted by atomic mass is 10.1. The Hall–Kier alpha value is -1.26. The average molecular weight is 265 g/mol. The summed E-state index contributed by atoms with van der Waals surface area (Å²) in [7, 11) is 1.63. The molecule has 19 heavy (non-hydrogen) atoms. The Balaban J connectivity index is 1.86. The number of hydrogen-bond acceptors (Lipinski definition) is 4. The third-order valence-electron chi connectivity index (χ3n) is 3.64. The van der Waals surface area contributed by atoms with E-state index in [-0.39, 0.29) is 6.04 Å². The molecule has 1 aliphatic heterocycles. The highest BCUT2D eigenvalue weighted by molar-refractivity contribution is 5.41. The van der Waals surface area contributed by atoms with Crippen molar-refractivity contribution in [3.63, 3.8) is 0 Å². The van der Waals surface area contributed by atoms with Gasteiger partial charge in [-0.3, -0.25) is 0 Å². The van der Waals surface area contributed by atoms with Crippen LogP contribution in [0.15, 0.2) is 18.2 Å². The summed E-state index contributed by atoms with van der Waals surface area (Å²) in [4.78, 5) is 0. The average Bonchev–Trinajstić information content (AvgIpc) is 2.92. The predicted molar refractivity (Wildman–Crippen MR) is 74.7 cm³/mol. The summed E-state index contributed by atoms with van der Waals surface area (Å²) in [6, 6.07) is 5.40. The summed E-state index contributed by atoms with van der Waals surface area (Å²) in [5.41, 5.74) is 0.867. The lowest BCUT2D eigenvalue weighted by molar-refractivity contribution is 0.103. The quantitative estimate of drug-likeness (QED) is 0.830. The minimum Gasteiger partial charge on any atom is -0.508 e. The van der Waals surface area contributed by atoms with E-state index in [9.17, 15) is 5.11 Å². The molecule has 1 fully saturated rings. The van der Waals surface area contributed by atoms with Gasteiger partial charge < -0.3 is 19.9 Å². The topological polar surface area (TPSA) is 50.7 Å². The summed E-state index contributed by atoms with van der Waals surface area (Å²) < 4.78 is 10.8. The van der Waals surface area contributed by atoms with E-state index in [2.05, 4.69) is 5.32 Å². The van der Waals surface area contributed by atoms with Gasteiger partial charge in [-0.1, -0.05) is 0 Å². The van der Waals surface area contributed by atoms with Crippen LogP contribution >= 0.6 is 0 Å². The normalized spacial score (nSPS) is 20.4. The monoisotopic (exact) mass is 265 g/mol. The summed E-state index contributed by atoms with van der Waals surface area (Å²) in [6.45, 7) is 3.84. The van der Waals surface area contributed by atoms with Crippen LogP contribution in [0.25, 0.3) is 0 Å². The molecule has 2 rings (SSSR count). The molecule has 106 valence electrons. The van der Waals surface area contributed by atoms with Gasteiger partial charge in [-0.15, -0.1) is 0 Å². The number of nitrogens with one attached hydrogen (secondary N) is 1. The highest BCUT2D eigenvalue weighted by Crippen LogP contribution is 2.28. The lowest BCUT2D eigenvalue weighted by Crippen LogP contribution is -2.23. The summed E-state index contributed by atoms with van der Waals surface area (Å²) in [5.74, 6) is 1.07. The van der Waals surface area contributed by atoms with E-state index in [0.29, 0.717) is 11.9 Å². The summed E-state index contributed by atoms with van der Waals surface area (Å²) in [6.07, 6.45) is 3.77. The minimum atomic E-state index is 0.0940. The molecule has 4 nitrogen and oxygen atoms in total. The first-order valence-corrected chi connectivity index (χ1v) is 6.92. The standard InChI is InChI=1S/C15H23NO3/c1-11(16-8-7-12-4-3-9-19-12)14-10-13(18-2)5-6-15(14)17/h5-6,10-12,16-17H,3-4,7-9H2,1-2H3. The SMILES string of the molecule is COc1ccc(O)c(C(C)NCCC2CCCO2)c1. The molecule has 0 radical (unpaired) electrons. The molecule has 1 aliphatic rings. The van der Waals surface area contributed by atoms with Crippen molar-refractivity contribution in [2.75, 3.05) is 20.3 Å². The number of hydrogen-bond donors (Lipinski definition) is 2. The van der Waals surface area contributed by atoms with Crippen molar-refractivity contribution in [2.45, 2.75) is 38.3 Å². The van der Waals surface area contributed by atoms with Crippen molar-refractivity contribution < 1.29 is 14.6 Å². The molecule has 1 aromatic carbocycles. The van der Waals surface area contributed by atoms with E-state index in [4.69, 9.17) is 9.47 Å². The highest BCUT2D eigenvalue weighted by atomic mass is 16.5. The van der Waals surface area contributed by atoms with Crippen LogP contribution in [0.3, 0.4) is 0 Å². The van der Waals surface area contributed by atoms with Crippen LogP contribution in [0.2, 0.25) is 0 Å². The first-order chi connectivity index (χ1) is 9.20. The molecule has 0 amide bonds. The Morgan fingerprint density at radius 3 is 3.05 bits per heavy atom. The molecule has 1 heterocycles. The van der Waals surface area contributed by atoms with E-state index in [1.807, 2.05) is 13.0 Å². The van der Waals surface area contributed by atoms with Crippen molar-refractivity contribution in [3.8, 4) is 11.5 Å². The van der Waals surface area contributed by atoms with Crippen LogP contribution in [0, 0.1) is 0 Å². The fourth-order valence-corrected chi connectivity index (χ4v) is 2.45. The van der Waals surface area contributed by atoms with Crippen LogP contribution in [-0.2, 0) is 4.74 Å². The van der Waals surface area contributed by atoms with Gasteiger partial charge in [0, 0.05) is 18.2 Å². The molecule has 1 saturated heterocycles. The Morgan fingerprint density at radius 1 is 1.53 bits per heavy atom. The molecular weight excluding hydrogens is 242 g/mol. The maximum Gasteiger partial charge on any atom is 0.120 e. The second kappa shape index (κ2) is 6.78. The minimum absolute atomic E-state index is 0.0940. The Morgan fingerprint density at radius 2 is 2.37 bits per heavy atom. The summed E-state index contributed by atoms with van der Waals surface area (Å²) in [5, 5.41) is 13.3. The maximum absolute atomic E-state index is 9.89. The number of rotatable bonds is 6. The molecule has 2 N–H and O–H groups in total. The third-order valence-corrected chi connectivity index (χ3v) is 3.64. The van der Waals surface area contributed by atoms with E-state index >= 15 is 0 Å². The number of ether oxygens (including phenoxy) is 2. The Labute approximate surface area is 114 Å². The molecule has 2 unspecified atom stereocenters. The van der Waals surface area contributed by atoms with Gasteiger partial charge >= 0.3 is 0 Å². The summed E-state index contributed by atoms with van der Waals surface area (Å²) >= 11 is 0. The third kappa shape index (κ3) is 3.85. The van der Waals surface area contributed by atoms with Crippen molar-refractivity contribution in [2.24, 2.45) is 0 Å². The van der Waals surface area contributed by atoms with Crippen LogP contribution in [-0.4, -0.2) is 31.5 Å². The van der Waals surface area contributed by atoms with Gasteiger partial charge in [-0.05, 0) is 50.9 Å². The van der Waals surface area contributed by atoms with Gasteiger partial charge in [0.2, 0.25) is 0 Å². The molecule has 0 bridgehead atoms. The molecule has 0 aromatic heterocycles. The molecule has 0 saturated carbocycles. The highest BCUT2D eigenvalue weighted by Gasteiger charge is 2.16. The Bertz CT molecular complexity index is 402. The van der Waals surface area contributed by atoms with Gasteiger partial charge in [0.15, 0.2) is 0 Å². The van der Waals surface area contributed by atoms with E-state index in [1.165, 1.54) is 12.8 Å². The molecule has 0 aliphatic carbocycles. The zero-order chi connectivity index (χ0) is 13.7. The van der Waals surface area contributed by atoms with Gasteiger partial charge in [-0.2, -0.15) is 0 Å². The van der Waals surface area contributed by atoms with Crippen molar-refractivity contribution in [1.82, 2.24) is 5.32 Å². The zero-order valence-electron chi connectivity index (χ0n) is 11.7. The number of benzene rings is 1. The van der Waals surface area contributed by atoms with Gasteiger partial charge in [-0.25, -0.2) is 0 Å². The Kier molecular flexibility index (Phi) is 5.05. The van der Waals surface area contributed by atoms with Crippen LogP contribution in [0.5, 0.6) is 11.5 Å². The number of phenols is 1. The molecule has 0 spiro atoms. The first kappa shape index (κ1) is 14.2. The number of phenolic OH excluding ortho intramolecular Hbond substituents is 1. The van der Waals surface area contributed by atoms with Gasteiger partial charge in [0.1, 0.15) is 11.5 Å². The second-order valence-electron chi connectivity index (χ2n) is 5.02. The predicted octanol–water partition coefficient (Wildman–Crippen LogP) is 2.62. The smallest absolute Gasteiger partial charge is 0.120 e. The van der Waals surface area contributed by atoms with E-state index < -0.39 is 0 Å². The lowest BCUT2D eigenvalue weighted by Gasteiger charge is -2.17. The van der Waals surface area contributed by atoms with Crippen LogP contribution in [0.4, 0.5) is 0 Å². The van der Waals surface area contributed by atoms with Crippen LogP contribution in [0.1, 0.15) is 37.8 Å². The van der Waals surface area contributed by atoms with Crippen molar-refractivity contribution in [3.05, 3.63) is 23.8 Å². The molecule has 2 atom stereocenters. The number of aromatic hydroxyl groups is 1. The van der Waals surface area contributed by atoms with Gasteiger partial charge in [0.05, 0.1) is 13.2 Å². The molecular formula is C15H23NO3. The molecule has 1 aromatic rings. The van der Waals surface area contributed by atoms with Gasteiger partial charge in [0.25, 0.3) is 0 Å². The first-order valence-electron chi connectivity index (χ1n) is 6.92. The van der Waals surface area contributed by atoms with E-state index in [0.717, 1.165) is 30.9 Å². The van der Waals surface area contributed by atoms with Crippen molar-refractivity contribution >= 4 is 0 Å². The fraction of sp³-hybridized carbons (Fsp3) is 0.600. The zero-order valence-corrected chi connectivity index (χ0v) is 11.7. The van der Waals surface area contributed by atoms with Crippen molar-refractivity contribution in [1.29, 1.82) is 0 Å². The molecule has 4 heteroatoms.